The lowest BCUT2D eigenvalue weighted by Crippen LogP contribution is -2.45. The number of carbonyl (C=O) groups is 1. The number of hydrogen-bond donors (Lipinski definition) is 1. The van der Waals surface area contributed by atoms with Crippen LogP contribution in [0.1, 0.15) is 43.7 Å². The van der Waals surface area contributed by atoms with Gasteiger partial charge in [0.05, 0.1) is 27.2 Å². The summed E-state index contributed by atoms with van der Waals surface area (Å²) >= 11 is 0. The minimum absolute atomic E-state index is 0.131. The highest BCUT2D eigenvalue weighted by molar-refractivity contribution is 7.89. The Morgan fingerprint density at radius 2 is 1.71 bits per heavy atom. The van der Waals surface area contributed by atoms with Gasteiger partial charge < -0.3 is 19.5 Å². The lowest BCUT2D eigenvalue weighted by Gasteiger charge is -2.31. The average molecular weight is 505 g/mol. The SMILES string of the molecule is COc1ccc(CCNC(=O)[C@H]2CCCN(S(=O)(=O)c3cc(C(C)C)ccc3OC)C2)cc1OC. The molecule has 1 atom stereocenters. The minimum atomic E-state index is -3.80. The number of carbonyl (C=O) groups excluding carboxylic acids is 1. The number of nitrogens with zero attached hydrogens (tertiary/aromatic N) is 1. The van der Waals surface area contributed by atoms with Crippen LogP contribution in [0.4, 0.5) is 0 Å². The molecule has 192 valence electrons. The molecule has 35 heavy (non-hydrogen) atoms. The van der Waals surface area contributed by atoms with Gasteiger partial charge in [-0.15, -0.1) is 0 Å². The van der Waals surface area contributed by atoms with Gasteiger partial charge in [0, 0.05) is 19.6 Å². The Morgan fingerprint density at radius 1 is 1.03 bits per heavy atom. The van der Waals surface area contributed by atoms with Crippen molar-refractivity contribution in [3.8, 4) is 17.2 Å². The van der Waals surface area contributed by atoms with E-state index in [-0.39, 0.29) is 23.3 Å². The Balaban J connectivity index is 1.65. The van der Waals surface area contributed by atoms with Crippen molar-refractivity contribution in [3.05, 3.63) is 47.5 Å². The first kappa shape index (κ1) is 26.8. The smallest absolute Gasteiger partial charge is 0.246 e. The molecule has 2 aromatic rings. The van der Waals surface area contributed by atoms with Gasteiger partial charge in [-0.1, -0.05) is 26.0 Å². The van der Waals surface area contributed by atoms with E-state index < -0.39 is 15.9 Å². The highest BCUT2D eigenvalue weighted by atomic mass is 32.2. The molecule has 9 heteroatoms. The molecule has 1 fully saturated rings. The highest BCUT2D eigenvalue weighted by Crippen LogP contribution is 2.32. The van der Waals surface area contributed by atoms with E-state index in [1.54, 1.807) is 26.4 Å². The fourth-order valence-corrected chi connectivity index (χ4v) is 5.99. The van der Waals surface area contributed by atoms with Gasteiger partial charge in [-0.05, 0) is 60.6 Å². The van der Waals surface area contributed by atoms with E-state index >= 15 is 0 Å². The van der Waals surface area contributed by atoms with E-state index in [9.17, 15) is 13.2 Å². The summed E-state index contributed by atoms with van der Waals surface area (Å²) < 4.78 is 44.4. The molecule has 1 aliphatic heterocycles. The van der Waals surface area contributed by atoms with Crippen molar-refractivity contribution >= 4 is 15.9 Å². The number of sulfonamides is 1. The average Bonchev–Trinajstić information content (AvgIpc) is 2.88. The molecule has 0 aliphatic carbocycles. The van der Waals surface area contributed by atoms with Crippen LogP contribution >= 0.6 is 0 Å². The molecule has 1 saturated heterocycles. The number of methoxy groups -OCH3 is 3. The molecule has 3 rings (SSSR count). The number of nitrogens with one attached hydrogen (secondary N) is 1. The molecular weight excluding hydrogens is 468 g/mol. The third kappa shape index (κ3) is 6.27. The first-order valence-corrected chi connectivity index (χ1v) is 13.3. The number of rotatable bonds is 10. The van der Waals surface area contributed by atoms with E-state index in [0.29, 0.717) is 49.6 Å². The second kappa shape index (κ2) is 11.8. The number of amides is 1. The number of ether oxygens (including phenoxy) is 3. The molecule has 0 radical (unpaired) electrons. The molecule has 0 saturated carbocycles. The van der Waals surface area contributed by atoms with Crippen LogP contribution < -0.4 is 19.5 Å². The molecule has 1 amide bonds. The van der Waals surface area contributed by atoms with Gasteiger partial charge in [0.2, 0.25) is 15.9 Å². The fraction of sp³-hybridized carbons (Fsp3) is 0.500. The zero-order chi connectivity index (χ0) is 25.6. The van der Waals surface area contributed by atoms with Crippen molar-refractivity contribution in [2.24, 2.45) is 5.92 Å². The Hall–Kier alpha value is -2.78. The van der Waals surface area contributed by atoms with Crippen LogP contribution in [0.2, 0.25) is 0 Å². The standard InChI is InChI=1S/C26H36N2O6S/c1-18(2)20-9-11-23(33-4)25(16-20)35(30,31)28-14-6-7-21(17-28)26(29)27-13-12-19-8-10-22(32-3)24(15-19)34-5/h8-11,15-16,18,21H,6-7,12-14,17H2,1-5H3,(H,27,29)/t21-/m0/s1. The van der Waals surface area contributed by atoms with Gasteiger partial charge in [0.25, 0.3) is 0 Å². The third-order valence-electron chi connectivity index (χ3n) is 6.39. The lowest BCUT2D eigenvalue weighted by atomic mass is 9.98. The monoisotopic (exact) mass is 504 g/mol. The van der Waals surface area contributed by atoms with Crippen molar-refractivity contribution in [3.63, 3.8) is 0 Å². The summed E-state index contributed by atoms with van der Waals surface area (Å²) in [5.74, 6) is 1.26. The van der Waals surface area contributed by atoms with Crippen molar-refractivity contribution in [2.45, 2.75) is 43.9 Å². The van der Waals surface area contributed by atoms with Crippen LogP contribution in [-0.4, -0.2) is 59.6 Å². The summed E-state index contributed by atoms with van der Waals surface area (Å²) in [6.07, 6.45) is 1.90. The fourth-order valence-electron chi connectivity index (χ4n) is 4.28. The quantitative estimate of drug-likeness (QED) is 0.531. The Kier molecular flexibility index (Phi) is 9.02. The lowest BCUT2D eigenvalue weighted by molar-refractivity contribution is -0.126. The predicted octanol–water partition coefficient (Wildman–Crippen LogP) is 3.60. The maximum atomic E-state index is 13.5. The summed E-state index contributed by atoms with van der Waals surface area (Å²) in [5, 5.41) is 2.97. The number of hydrogen-bond acceptors (Lipinski definition) is 6. The van der Waals surface area contributed by atoms with Crippen molar-refractivity contribution in [1.29, 1.82) is 0 Å². The first-order chi connectivity index (χ1) is 16.7. The Bertz CT molecular complexity index is 1130. The molecule has 1 aliphatic rings. The van der Waals surface area contributed by atoms with Gasteiger partial charge in [0.1, 0.15) is 10.6 Å². The van der Waals surface area contributed by atoms with Crippen LogP contribution in [0, 0.1) is 5.92 Å². The molecule has 8 nitrogen and oxygen atoms in total. The predicted molar refractivity (Wildman–Crippen MR) is 135 cm³/mol. The van der Waals surface area contributed by atoms with Gasteiger partial charge in [-0.25, -0.2) is 8.42 Å². The Morgan fingerprint density at radius 3 is 2.37 bits per heavy atom. The van der Waals surface area contributed by atoms with Crippen LogP contribution in [0.5, 0.6) is 17.2 Å². The van der Waals surface area contributed by atoms with Gasteiger partial charge in [0.15, 0.2) is 11.5 Å². The first-order valence-electron chi connectivity index (χ1n) is 11.9. The van der Waals surface area contributed by atoms with Crippen LogP contribution in [-0.2, 0) is 21.2 Å². The van der Waals surface area contributed by atoms with Gasteiger partial charge >= 0.3 is 0 Å². The van der Waals surface area contributed by atoms with Crippen LogP contribution in [0.3, 0.4) is 0 Å². The van der Waals surface area contributed by atoms with Crippen molar-refractivity contribution < 1.29 is 27.4 Å². The molecule has 1 N–H and O–H groups in total. The van der Waals surface area contributed by atoms with E-state index in [4.69, 9.17) is 14.2 Å². The van der Waals surface area contributed by atoms with Crippen molar-refractivity contribution in [2.75, 3.05) is 41.0 Å². The minimum Gasteiger partial charge on any atom is -0.495 e. The highest BCUT2D eigenvalue weighted by Gasteiger charge is 2.35. The summed E-state index contributed by atoms with van der Waals surface area (Å²) in [6.45, 7) is 5.01. The molecule has 0 bridgehead atoms. The van der Waals surface area contributed by atoms with Crippen molar-refractivity contribution in [1.82, 2.24) is 9.62 Å². The molecular formula is C26H36N2O6S. The van der Waals surface area contributed by atoms with Crippen LogP contribution in [0.15, 0.2) is 41.3 Å². The van der Waals surface area contributed by atoms with E-state index in [0.717, 1.165) is 11.1 Å². The second-order valence-electron chi connectivity index (χ2n) is 9.00. The Labute approximate surface area is 208 Å². The third-order valence-corrected chi connectivity index (χ3v) is 8.27. The van der Waals surface area contributed by atoms with E-state index in [1.165, 1.54) is 11.4 Å². The summed E-state index contributed by atoms with van der Waals surface area (Å²) in [6, 6.07) is 10.9. The number of piperidine rings is 1. The molecule has 0 unspecified atom stereocenters. The summed E-state index contributed by atoms with van der Waals surface area (Å²) in [4.78, 5) is 13.0. The zero-order valence-electron chi connectivity index (χ0n) is 21.2. The van der Waals surface area contributed by atoms with Gasteiger partial charge in [-0.3, -0.25) is 4.79 Å². The van der Waals surface area contributed by atoms with E-state index in [2.05, 4.69) is 5.32 Å². The second-order valence-corrected chi connectivity index (χ2v) is 10.9. The zero-order valence-corrected chi connectivity index (χ0v) is 22.0. The number of benzene rings is 2. The normalized spacial score (nSPS) is 16.7. The summed E-state index contributed by atoms with van der Waals surface area (Å²) in [5.41, 5.74) is 1.93. The summed E-state index contributed by atoms with van der Waals surface area (Å²) in [7, 11) is 0.834. The molecule has 2 aromatic carbocycles. The van der Waals surface area contributed by atoms with Gasteiger partial charge in [-0.2, -0.15) is 4.31 Å². The molecule has 0 aromatic heterocycles. The molecule has 0 spiro atoms. The van der Waals surface area contributed by atoms with Crippen LogP contribution in [0.25, 0.3) is 0 Å². The maximum Gasteiger partial charge on any atom is 0.246 e. The maximum absolute atomic E-state index is 13.5. The topological polar surface area (TPSA) is 94.2 Å². The van der Waals surface area contributed by atoms with E-state index in [1.807, 2.05) is 38.1 Å². The largest absolute Gasteiger partial charge is 0.495 e. The molecule has 1 heterocycles.